The second-order valence-corrected chi connectivity index (χ2v) is 4.37. The monoisotopic (exact) mass is 235 g/mol. The number of rotatable bonds is 9. The summed E-state index contributed by atoms with van der Waals surface area (Å²) in [6.45, 7) is 7.11. The van der Waals surface area contributed by atoms with E-state index in [0.29, 0.717) is 6.04 Å². The fraction of sp³-hybridized carbons (Fsp3) is 0.600. The Balaban J connectivity index is 2.10. The normalized spacial score (nSPS) is 12.6. The molecule has 0 aliphatic carbocycles. The number of nitrogens with one attached hydrogen (secondary N) is 1. The van der Waals surface area contributed by atoms with Crippen LogP contribution in [-0.4, -0.2) is 25.8 Å². The third kappa shape index (κ3) is 6.44. The number of benzene rings is 1. The molecule has 0 fully saturated rings. The van der Waals surface area contributed by atoms with Crippen LogP contribution in [0.25, 0.3) is 0 Å². The van der Waals surface area contributed by atoms with E-state index in [4.69, 9.17) is 4.74 Å². The molecule has 0 saturated carbocycles. The van der Waals surface area contributed by atoms with Crippen molar-refractivity contribution in [2.24, 2.45) is 0 Å². The molecule has 1 N–H and O–H groups in total. The SMILES string of the molecule is CCCNC(CC)COCCc1ccccc1. The summed E-state index contributed by atoms with van der Waals surface area (Å²) in [6.07, 6.45) is 3.32. The first kappa shape index (κ1) is 14.2. The van der Waals surface area contributed by atoms with E-state index in [1.807, 2.05) is 6.07 Å². The molecule has 0 aliphatic heterocycles. The van der Waals surface area contributed by atoms with Gasteiger partial charge >= 0.3 is 0 Å². The van der Waals surface area contributed by atoms with Gasteiger partial charge in [0.2, 0.25) is 0 Å². The van der Waals surface area contributed by atoms with E-state index in [1.165, 1.54) is 12.0 Å². The van der Waals surface area contributed by atoms with Crippen molar-refractivity contribution in [1.29, 1.82) is 0 Å². The second kappa shape index (κ2) is 9.20. The lowest BCUT2D eigenvalue weighted by Crippen LogP contribution is -2.33. The van der Waals surface area contributed by atoms with Crippen LogP contribution in [0.15, 0.2) is 30.3 Å². The standard InChI is InChI=1S/C15H25NO/c1-3-11-16-15(4-2)13-17-12-10-14-8-6-5-7-9-14/h5-9,15-16H,3-4,10-13H2,1-2H3. The highest BCUT2D eigenvalue weighted by molar-refractivity contribution is 5.14. The van der Waals surface area contributed by atoms with Gasteiger partial charge in [0.25, 0.3) is 0 Å². The van der Waals surface area contributed by atoms with E-state index in [1.54, 1.807) is 0 Å². The van der Waals surface area contributed by atoms with Crippen LogP contribution < -0.4 is 5.32 Å². The maximum Gasteiger partial charge on any atom is 0.0619 e. The highest BCUT2D eigenvalue weighted by atomic mass is 16.5. The van der Waals surface area contributed by atoms with Crippen molar-refractivity contribution in [2.45, 2.75) is 39.2 Å². The van der Waals surface area contributed by atoms with Gasteiger partial charge in [0, 0.05) is 6.04 Å². The van der Waals surface area contributed by atoms with Crippen molar-refractivity contribution in [3.8, 4) is 0 Å². The Kier molecular flexibility index (Phi) is 7.69. The maximum absolute atomic E-state index is 5.73. The van der Waals surface area contributed by atoms with Crippen LogP contribution in [0.4, 0.5) is 0 Å². The Hall–Kier alpha value is -0.860. The van der Waals surface area contributed by atoms with Crippen molar-refractivity contribution in [1.82, 2.24) is 5.32 Å². The molecule has 0 aromatic heterocycles. The minimum atomic E-state index is 0.505. The topological polar surface area (TPSA) is 21.3 Å². The first-order valence-electron chi connectivity index (χ1n) is 6.71. The molecule has 0 amide bonds. The van der Waals surface area contributed by atoms with Gasteiger partial charge in [-0.15, -0.1) is 0 Å². The van der Waals surface area contributed by atoms with Gasteiger partial charge in [-0.3, -0.25) is 0 Å². The summed E-state index contributed by atoms with van der Waals surface area (Å²) in [5.74, 6) is 0. The molecule has 1 aromatic rings. The van der Waals surface area contributed by atoms with Crippen LogP contribution in [0.5, 0.6) is 0 Å². The van der Waals surface area contributed by atoms with Gasteiger partial charge in [-0.25, -0.2) is 0 Å². The quantitative estimate of drug-likeness (QED) is 0.664. The van der Waals surface area contributed by atoms with Crippen molar-refractivity contribution < 1.29 is 4.74 Å². The fourth-order valence-electron chi connectivity index (χ4n) is 1.73. The molecule has 1 rings (SSSR count). The van der Waals surface area contributed by atoms with Gasteiger partial charge in [-0.1, -0.05) is 44.2 Å². The lowest BCUT2D eigenvalue weighted by molar-refractivity contribution is 0.112. The predicted octanol–water partition coefficient (Wildman–Crippen LogP) is 3.02. The molecule has 1 aromatic carbocycles. The van der Waals surface area contributed by atoms with E-state index < -0.39 is 0 Å². The van der Waals surface area contributed by atoms with Crippen LogP contribution in [-0.2, 0) is 11.2 Å². The minimum Gasteiger partial charge on any atom is -0.379 e. The summed E-state index contributed by atoms with van der Waals surface area (Å²) in [4.78, 5) is 0. The molecule has 0 aliphatic rings. The Labute approximate surface area is 105 Å². The van der Waals surface area contributed by atoms with Gasteiger partial charge in [-0.05, 0) is 31.4 Å². The largest absolute Gasteiger partial charge is 0.379 e. The van der Waals surface area contributed by atoms with E-state index in [-0.39, 0.29) is 0 Å². The highest BCUT2D eigenvalue weighted by Gasteiger charge is 2.04. The zero-order valence-corrected chi connectivity index (χ0v) is 11.1. The molecule has 0 heterocycles. The maximum atomic E-state index is 5.73. The highest BCUT2D eigenvalue weighted by Crippen LogP contribution is 2.00. The summed E-state index contributed by atoms with van der Waals surface area (Å²) in [6, 6.07) is 11.0. The van der Waals surface area contributed by atoms with Crippen LogP contribution in [0, 0.1) is 0 Å². The Bertz CT molecular complexity index is 274. The van der Waals surface area contributed by atoms with E-state index in [0.717, 1.165) is 32.6 Å². The first-order valence-corrected chi connectivity index (χ1v) is 6.71. The molecule has 2 heteroatoms. The average molecular weight is 235 g/mol. The summed E-state index contributed by atoms with van der Waals surface area (Å²) in [5, 5.41) is 3.49. The zero-order valence-electron chi connectivity index (χ0n) is 11.1. The third-order valence-corrected chi connectivity index (χ3v) is 2.87. The van der Waals surface area contributed by atoms with Crippen LogP contribution in [0.1, 0.15) is 32.3 Å². The van der Waals surface area contributed by atoms with Crippen LogP contribution >= 0.6 is 0 Å². The van der Waals surface area contributed by atoms with Gasteiger partial charge in [-0.2, -0.15) is 0 Å². The van der Waals surface area contributed by atoms with Crippen LogP contribution in [0.3, 0.4) is 0 Å². The Morgan fingerprint density at radius 1 is 1.18 bits per heavy atom. The average Bonchev–Trinajstić information content (AvgIpc) is 2.39. The van der Waals surface area contributed by atoms with Gasteiger partial charge in [0.15, 0.2) is 0 Å². The number of hydrogen-bond donors (Lipinski definition) is 1. The molecule has 0 spiro atoms. The summed E-state index contributed by atoms with van der Waals surface area (Å²) in [5.41, 5.74) is 1.35. The van der Waals surface area contributed by atoms with Crippen molar-refractivity contribution in [3.05, 3.63) is 35.9 Å². The molecule has 0 saturated heterocycles. The molecule has 0 radical (unpaired) electrons. The molecule has 0 bridgehead atoms. The van der Waals surface area contributed by atoms with Crippen molar-refractivity contribution >= 4 is 0 Å². The van der Waals surface area contributed by atoms with Gasteiger partial charge in [0.05, 0.1) is 13.2 Å². The van der Waals surface area contributed by atoms with Crippen molar-refractivity contribution in [3.63, 3.8) is 0 Å². The molecular formula is C15H25NO. The van der Waals surface area contributed by atoms with Gasteiger partial charge in [0.1, 0.15) is 0 Å². The number of hydrogen-bond acceptors (Lipinski definition) is 2. The van der Waals surface area contributed by atoms with E-state index in [9.17, 15) is 0 Å². The molecule has 96 valence electrons. The Morgan fingerprint density at radius 2 is 1.94 bits per heavy atom. The smallest absolute Gasteiger partial charge is 0.0619 e. The fourth-order valence-corrected chi connectivity index (χ4v) is 1.73. The molecule has 1 atom stereocenters. The van der Waals surface area contributed by atoms with Crippen LogP contribution in [0.2, 0.25) is 0 Å². The lowest BCUT2D eigenvalue weighted by Gasteiger charge is -2.16. The summed E-state index contributed by atoms with van der Waals surface area (Å²) < 4.78 is 5.73. The molecular weight excluding hydrogens is 210 g/mol. The molecule has 2 nitrogen and oxygen atoms in total. The second-order valence-electron chi connectivity index (χ2n) is 4.37. The zero-order chi connectivity index (χ0) is 12.3. The summed E-state index contributed by atoms with van der Waals surface area (Å²) >= 11 is 0. The van der Waals surface area contributed by atoms with Crippen molar-refractivity contribution in [2.75, 3.05) is 19.8 Å². The molecule has 1 unspecified atom stereocenters. The first-order chi connectivity index (χ1) is 8.36. The van der Waals surface area contributed by atoms with E-state index in [2.05, 4.69) is 43.4 Å². The summed E-state index contributed by atoms with van der Waals surface area (Å²) in [7, 11) is 0. The molecule has 17 heavy (non-hydrogen) atoms. The minimum absolute atomic E-state index is 0.505. The Morgan fingerprint density at radius 3 is 2.59 bits per heavy atom. The van der Waals surface area contributed by atoms with E-state index >= 15 is 0 Å². The predicted molar refractivity (Wildman–Crippen MR) is 73.3 cm³/mol. The lowest BCUT2D eigenvalue weighted by atomic mass is 10.2. The third-order valence-electron chi connectivity index (χ3n) is 2.87. The van der Waals surface area contributed by atoms with Gasteiger partial charge < -0.3 is 10.1 Å². The number of ether oxygens (including phenoxy) is 1.